The third-order valence-corrected chi connectivity index (χ3v) is 5.45. The van der Waals surface area contributed by atoms with Crippen LogP contribution in [-0.4, -0.2) is 45.4 Å². The Morgan fingerprint density at radius 3 is 2.67 bits per heavy atom. The van der Waals surface area contributed by atoms with Gasteiger partial charge in [0.2, 0.25) is 0 Å². The molecule has 0 unspecified atom stereocenters. The number of halogens is 1. The smallest absolute Gasteiger partial charge is 0.257 e. The Labute approximate surface area is 146 Å². The molecule has 1 N–H and O–H groups in total. The molecule has 6 heteroatoms. The number of hydrogen-bond donors (Lipinski definition) is 1. The fourth-order valence-electron chi connectivity index (χ4n) is 3.19. The number of benzene rings is 1. The van der Waals surface area contributed by atoms with E-state index in [-0.39, 0.29) is 17.9 Å². The maximum atomic E-state index is 12.7. The number of likely N-dealkylation sites (tertiary alicyclic amines) is 1. The van der Waals surface area contributed by atoms with Gasteiger partial charge < -0.3 is 10.0 Å². The van der Waals surface area contributed by atoms with Gasteiger partial charge in [0, 0.05) is 25.9 Å². The van der Waals surface area contributed by atoms with Crippen molar-refractivity contribution in [2.24, 2.45) is 5.41 Å². The summed E-state index contributed by atoms with van der Waals surface area (Å²) in [5.74, 6) is -0.0176. The average Bonchev–Trinajstić information content (AvgIpc) is 3.11. The zero-order valence-corrected chi connectivity index (χ0v) is 14.5. The number of carbonyl (C=O) groups excluding carboxylic acids is 1. The standard InChI is InChI=1S/C18H22ClN3O2/c1-2-18(13-23)7-9-21(10-8-18)17(24)14-11-20-22(12-14)16-6-4-3-5-15(16)19/h3-6,11-12,23H,2,7-10,13H2,1H3. The molecule has 1 amide bonds. The summed E-state index contributed by atoms with van der Waals surface area (Å²) in [6.45, 7) is 3.63. The molecule has 3 rings (SSSR count). The van der Waals surface area contributed by atoms with E-state index in [0.29, 0.717) is 23.7 Å². The molecule has 128 valence electrons. The first-order chi connectivity index (χ1) is 11.6. The summed E-state index contributed by atoms with van der Waals surface area (Å²) in [7, 11) is 0. The molecule has 1 aromatic heterocycles. The normalized spacial score (nSPS) is 17.0. The van der Waals surface area contributed by atoms with E-state index in [2.05, 4.69) is 12.0 Å². The molecule has 0 atom stereocenters. The van der Waals surface area contributed by atoms with Crippen molar-refractivity contribution >= 4 is 17.5 Å². The number of aromatic nitrogens is 2. The van der Waals surface area contributed by atoms with Gasteiger partial charge in [0.1, 0.15) is 0 Å². The number of hydrogen-bond acceptors (Lipinski definition) is 3. The van der Waals surface area contributed by atoms with Crippen LogP contribution in [0.3, 0.4) is 0 Å². The van der Waals surface area contributed by atoms with Crippen molar-refractivity contribution in [2.45, 2.75) is 26.2 Å². The summed E-state index contributed by atoms with van der Waals surface area (Å²) < 4.78 is 1.63. The first-order valence-corrected chi connectivity index (χ1v) is 8.66. The fourth-order valence-corrected chi connectivity index (χ4v) is 3.42. The molecule has 0 bridgehead atoms. The molecule has 1 fully saturated rings. The zero-order valence-electron chi connectivity index (χ0n) is 13.8. The highest BCUT2D eigenvalue weighted by molar-refractivity contribution is 6.32. The Balaban J connectivity index is 1.72. The molecule has 1 saturated heterocycles. The molecule has 24 heavy (non-hydrogen) atoms. The van der Waals surface area contributed by atoms with E-state index < -0.39 is 0 Å². The van der Waals surface area contributed by atoms with Gasteiger partial charge in [-0.25, -0.2) is 4.68 Å². The molecule has 1 aliphatic heterocycles. The molecule has 0 spiro atoms. The second kappa shape index (κ2) is 6.95. The quantitative estimate of drug-likeness (QED) is 0.924. The summed E-state index contributed by atoms with van der Waals surface area (Å²) in [5, 5.41) is 14.5. The summed E-state index contributed by atoms with van der Waals surface area (Å²) in [6.07, 6.45) is 5.92. The number of nitrogens with zero attached hydrogens (tertiary/aromatic N) is 3. The summed E-state index contributed by atoms with van der Waals surface area (Å²) in [6, 6.07) is 7.40. The minimum atomic E-state index is -0.0292. The van der Waals surface area contributed by atoms with Crippen LogP contribution >= 0.6 is 11.6 Å². The Hall–Kier alpha value is -1.85. The first kappa shape index (κ1) is 17.0. The van der Waals surface area contributed by atoms with Crippen LogP contribution in [0.25, 0.3) is 5.69 Å². The van der Waals surface area contributed by atoms with E-state index in [0.717, 1.165) is 24.9 Å². The van der Waals surface area contributed by atoms with Crippen LogP contribution < -0.4 is 0 Å². The van der Waals surface area contributed by atoms with Crippen LogP contribution in [0.2, 0.25) is 5.02 Å². The predicted molar refractivity (Wildman–Crippen MR) is 93.5 cm³/mol. The topological polar surface area (TPSA) is 58.4 Å². The van der Waals surface area contributed by atoms with E-state index in [1.54, 1.807) is 23.1 Å². The largest absolute Gasteiger partial charge is 0.396 e. The Morgan fingerprint density at radius 2 is 2.04 bits per heavy atom. The maximum absolute atomic E-state index is 12.7. The Morgan fingerprint density at radius 1 is 1.33 bits per heavy atom. The number of carbonyl (C=O) groups is 1. The van der Waals surface area contributed by atoms with Crippen molar-refractivity contribution in [3.8, 4) is 5.69 Å². The lowest BCUT2D eigenvalue weighted by molar-refractivity contribution is 0.0338. The zero-order chi connectivity index (χ0) is 17.2. The van der Waals surface area contributed by atoms with E-state index in [1.807, 2.05) is 23.1 Å². The number of aliphatic hydroxyl groups is 1. The highest BCUT2D eigenvalue weighted by Gasteiger charge is 2.34. The summed E-state index contributed by atoms with van der Waals surface area (Å²) >= 11 is 6.18. The number of piperidine rings is 1. The van der Waals surface area contributed by atoms with Crippen molar-refractivity contribution < 1.29 is 9.90 Å². The molecule has 5 nitrogen and oxygen atoms in total. The van der Waals surface area contributed by atoms with Crippen molar-refractivity contribution in [3.63, 3.8) is 0 Å². The second-order valence-electron chi connectivity index (χ2n) is 6.43. The van der Waals surface area contributed by atoms with Crippen molar-refractivity contribution in [2.75, 3.05) is 19.7 Å². The van der Waals surface area contributed by atoms with Crippen LogP contribution in [0.1, 0.15) is 36.5 Å². The highest BCUT2D eigenvalue weighted by atomic mass is 35.5. The van der Waals surface area contributed by atoms with Crippen LogP contribution in [0.5, 0.6) is 0 Å². The second-order valence-corrected chi connectivity index (χ2v) is 6.84. The number of rotatable bonds is 4. The summed E-state index contributed by atoms with van der Waals surface area (Å²) in [4.78, 5) is 14.5. The third-order valence-electron chi connectivity index (χ3n) is 5.13. The third kappa shape index (κ3) is 3.19. The highest BCUT2D eigenvalue weighted by Crippen LogP contribution is 2.34. The molecule has 0 aliphatic carbocycles. The first-order valence-electron chi connectivity index (χ1n) is 8.28. The molecule has 1 aliphatic rings. The van der Waals surface area contributed by atoms with E-state index in [1.165, 1.54) is 0 Å². The number of amides is 1. The lowest BCUT2D eigenvalue weighted by atomic mass is 9.77. The van der Waals surface area contributed by atoms with Gasteiger partial charge in [-0.1, -0.05) is 30.7 Å². The predicted octanol–water partition coefficient (Wildman–Crippen LogP) is 3.15. The molecule has 1 aromatic carbocycles. The Bertz CT molecular complexity index is 715. The van der Waals surface area contributed by atoms with Crippen LogP contribution in [0.4, 0.5) is 0 Å². The van der Waals surface area contributed by atoms with E-state index in [9.17, 15) is 9.90 Å². The molecule has 2 heterocycles. The van der Waals surface area contributed by atoms with Gasteiger partial charge in [0.05, 0.1) is 22.5 Å². The SMILES string of the molecule is CCC1(CO)CCN(C(=O)c2cnn(-c3ccccc3Cl)c2)CC1. The van der Waals surface area contributed by atoms with Crippen LogP contribution in [0.15, 0.2) is 36.7 Å². The molecule has 0 radical (unpaired) electrons. The minimum Gasteiger partial charge on any atom is -0.396 e. The monoisotopic (exact) mass is 347 g/mol. The molecule has 2 aromatic rings. The lowest BCUT2D eigenvalue weighted by Gasteiger charge is -2.40. The van der Waals surface area contributed by atoms with Crippen LogP contribution in [0, 0.1) is 5.41 Å². The number of para-hydroxylation sites is 1. The van der Waals surface area contributed by atoms with Gasteiger partial charge in [-0.05, 0) is 36.8 Å². The molecular formula is C18H22ClN3O2. The van der Waals surface area contributed by atoms with Crippen molar-refractivity contribution in [1.82, 2.24) is 14.7 Å². The lowest BCUT2D eigenvalue weighted by Crippen LogP contribution is -2.44. The van der Waals surface area contributed by atoms with Gasteiger partial charge in [-0.15, -0.1) is 0 Å². The summed E-state index contributed by atoms with van der Waals surface area (Å²) in [5.41, 5.74) is 1.28. The van der Waals surface area contributed by atoms with Gasteiger partial charge in [-0.3, -0.25) is 4.79 Å². The van der Waals surface area contributed by atoms with E-state index >= 15 is 0 Å². The van der Waals surface area contributed by atoms with Crippen molar-refractivity contribution in [3.05, 3.63) is 47.2 Å². The van der Waals surface area contributed by atoms with E-state index in [4.69, 9.17) is 11.6 Å². The average molecular weight is 348 g/mol. The van der Waals surface area contributed by atoms with Crippen molar-refractivity contribution in [1.29, 1.82) is 0 Å². The fraction of sp³-hybridized carbons (Fsp3) is 0.444. The molecule has 0 saturated carbocycles. The maximum Gasteiger partial charge on any atom is 0.257 e. The molecular weight excluding hydrogens is 326 g/mol. The van der Waals surface area contributed by atoms with Gasteiger partial charge in [-0.2, -0.15) is 5.10 Å². The van der Waals surface area contributed by atoms with Gasteiger partial charge in [0.15, 0.2) is 0 Å². The Kier molecular flexibility index (Phi) is 4.92. The minimum absolute atomic E-state index is 0.0176. The van der Waals surface area contributed by atoms with Crippen LogP contribution in [-0.2, 0) is 0 Å². The number of aliphatic hydroxyl groups excluding tert-OH is 1. The van der Waals surface area contributed by atoms with Gasteiger partial charge in [0.25, 0.3) is 5.91 Å². The van der Waals surface area contributed by atoms with Gasteiger partial charge >= 0.3 is 0 Å².